The van der Waals surface area contributed by atoms with E-state index in [4.69, 9.17) is 5.73 Å². The number of halogens is 2. The Bertz CT molecular complexity index is 107. The van der Waals surface area contributed by atoms with Gasteiger partial charge in [-0.15, -0.1) is 0 Å². The van der Waals surface area contributed by atoms with Crippen molar-refractivity contribution in [3.8, 4) is 0 Å². The number of hydrogen-bond acceptors (Lipinski definition) is 2. The van der Waals surface area contributed by atoms with Gasteiger partial charge in [0, 0.05) is 13.0 Å². The maximum absolute atomic E-state index is 12.1. The normalized spacial score (nSPS) is 21.5. The van der Waals surface area contributed by atoms with E-state index in [0.717, 1.165) is 0 Å². The number of ether oxygens (including phenoxy) is 1. The average Bonchev–Trinajstić information content (AvgIpc) is 1.85. The van der Waals surface area contributed by atoms with E-state index in [1.165, 1.54) is 0 Å². The van der Waals surface area contributed by atoms with Crippen LogP contribution in [0.1, 0.15) is 26.7 Å². The Morgan fingerprint density at radius 3 is 2.08 bits per heavy atom. The van der Waals surface area contributed by atoms with Crippen LogP contribution in [0.25, 0.3) is 0 Å². The second-order valence-electron chi connectivity index (χ2n) is 3.26. The quantitative estimate of drug-likeness (QED) is 0.618. The van der Waals surface area contributed by atoms with Gasteiger partial charge in [0.2, 0.25) is 0 Å². The van der Waals surface area contributed by atoms with Crippen molar-refractivity contribution in [2.45, 2.75) is 38.7 Å². The van der Waals surface area contributed by atoms with Gasteiger partial charge in [-0.1, -0.05) is 13.8 Å². The number of nitrogens with two attached hydrogens (primary N) is 1. The topological polar surface area (TPSA) is 35.2 Å². The molecule has 0 saturated carbocycles. The summed E-state index contributed by atoms with van der Waals surface area (Å²) in [4.78, 5) is 0. The molecule has 12 heavy (non-hydrogen) atoms. The molecule has 1 heterocycles. The van der Waals surface area contributed by atoms with Crippen molar-refractivity contribution in [1.29, 1.82) is 0 Å². The standard InChI is InChI=1S/C5H8F2O.C3H9N/c6-5(7)2-1-3-8-4-5;1-3(2)4/h1-4H2;3H,4H2,1-2H3. The van der Waals surface area contributed by atoms with Crippen LogP contribution in [-0.4, -0.2) is 25.2 Å². The summed E-state index contributed by atoms with van der Waals surface area (Å²) in [7, 11) is 0. The molecule has 2 N–H and O–H groups in total. The predicted molar refractivity (Wildman–Crippen MR) is 44.3 cm³/mol. The van der Waals surface area contributed by atoms with Crippen molar-refractivity contribution in [2.24, 2.45) is 5.73 Å². The molecule has 74 valence electrons. The Balaban J connectivity index is 0.000000261. The maximum Gasteiger partial charge on any atom is 0.271 e. The molecule has 1 saturated heterocycles. The van der Waals surface area contributed by atoms with Gasteiger partial charge >= 0.3 is 0 Å². The highest BCUT2D eigenvalue weighted by molar-refractivity contribution is 4.68. The van der Waals surface area contributed by atoms with Crippen molar-refractivity contribution >= 4 is 0 Å². The van der Waals surface area contributed by atoms with E-state index >= 15 is 0 Å². The van der Waals surface area contributed by atoms with Gasteiger partial charge in [-0.25, -0.2) is 8.78 Å². The summed E-state index contributed by atoms with van der Waals surface area (Å²) in [5.74, 6) is -2.54. The van der Waals surface area contributed by atoms with Gasteiger partial charge in [0.1, 0.15) is 6.61 Å². The van der Waals surface area contributed by atoms with E-state index in [-0.39, 0.29) is 13.0 Å². The van der Waals surface area contributed by atoms with Gasteiger partial charge in [-0.2, -0.15) is 0 Å². The molecule has 0 aromatic carbocycles. The fourth-order valence-corrected chi connectivity index (χ4v) is 0.727. The largest absolute Gasteiger partial charge is 0.375 e. The zero-order valence-corrected chi connectivity index (χ0v) is 7.65. The Kier molecular flexibility index (Phi) is 5.33. The summed E-state index contributed by atoms with van der Waals surface area (Å²) < 4.78 is 28.7. The first-order chi connectivity index (χ1) is 5.44. The lowest BCUT2D eigenvalue weighted by molar-refractivity contribution is -0.113. The van der Waals surface area contributed by atoms with Crippen LogP contribution in [0.5, 0.6) is 0 Å². The SMILES string of the molecule is CC(C)N.FC1(F)CCCOC1. The summed E-state index contributed by atoms with van der Waals surface area (Å²) in [5.41, 5.74) is 5.11. The Morgan fingerprint density at radius 1 is 1.42 bits per heavy atom. The van der Waals surface area contributed by atoms with Crippen LogP contribution >= 0.6 is 0 Å². The highest BCUT2D eigenvalue weighted by Crippen LogP contribution is 2.23. The van der Waals surface area contributed by atoms with E-state index in [1.807, 2.05) is 13.8 Å². The second kappa shape index (κ2) is 5.43. The van der Waals surface area contributed by atoms with Crippen LogP contribution in [0.15, 0.2) is 0 Å². The molecule has 1 rings (SSSR count). The molecule has 1 fully saturated rings. The maximum atomic E-state index is 12.1. The lowest BCUT2D eigenvalue weighted by Gasteiger charge is -2.20. The van der Waals surface area contributed by atoms with Gasteiger partial charge in [0.05, 0.1) is 0 Å². The van der Waals surface area contributed by atoms with Gasteiger partial charge in [0.25, 0.3) is 5.92 Å². The van der Waals surface area contributed by atoms with Crippen LogP contribution in [0.2, 0.25) is 0 Å². The molecule has 0 aliphatic carbocycles. The first-order valence-electron chi connectivity index (χ1n) is 4.15. The van der Waals surface area contributed by atoms with E-state index in [2.05, 4.69) is 4.74 Å². The van der Waals surface area contributed by atoms with Crippen LogP contribution in [0, 0.1) is 0 Å². The summed E-state index contributed by atoms with van der Waals surface area (Å²) in [6.45, 7) is 4.00. The van der Waals surface area contributed by atoms with Crippen molar-refractivity contribution in [3.05, 3.63) is 0 Å². The lowest BCUT2D eigenvalue weighted by Crippen LogP contribution is -2.28. The zero-order valence-electron chi connectivity index (χ0n) is 7.65. The van der Waals surface area contributed by atoms with E-state index in [1.54, 1.807) is 0 Å². The van der Waals surface area contributed by atoms with Gasteiger partial charge in [-0.3, -0.25) is 0 Å². The van der Waals surface area contributed by atoms with Crippen LogP contribution < -0.4 is 5.73 Å². The monoisotopic (exact) mass is 181 g/mol. The third-order valence-electron chi connectivity index (χ3n) is 1.14. The summed E-state index contributed by atoms with van der Waals surface area (Å²) in [6, 6.07) is 0.333. The fraction of sp³-hybridized carbons (Fsp3) is 1.00. The van der Waals surface area contributed by atoms with Gasteiger partial charge in [0.15, 0.2) is 0 Å². The molecular weight excluding hydrogens is 164 g/mol. The van der Waals surface area contributed by atoms with Crippen LogP contribution in [-0.2, 0) is 4.74 Å². The molecule has 0 atom stereocenters. The van der Waals surface area contributed by atoms with Gasteiger partial charge < -0.3 is 10.5 Å². The number of rotatable bonds is 0. The Hall–Kier alpha value is -0.220. The molecule has 2 nitrogen and oxygen atoms in total. The van der Waals surface area contributed by atoms with Crippen molar-refractivity contribution in [2.75, 3.05) is 13.2 Å². The molecule has 0 radical (unpaired) electrons. The van der Waals surface area contributed by atoms with Crippen molar-refractivity contribution in [3.63, 3.8) is 0 Å². The van der Waals surface area contributed by atoms with E-state index < -0.39 is 5.92 Å². The number of hydrogen-bond donors (Lipinski definition) is 1. The fourth-order valence-electron chi connectivity index (χ4n) is 0.727. The van der Waals surface area contributed by atoms with E-state index in [0.29, 0.717) is 19.1 Å². The average molecular weight is 181 g/mol. The molecule has 0 aromatic heterocycles. The molecule has 0 unspecified atom stereocenters. The third-order valence-corrected chi connectivity index (χ3v) is 1.14. The minimum Gasteiger partial charge on any atom is -0.375 e. The number of alkyl halides is 2. The smallest absolute Gasteiger partial charge is 0.271 e. The third kappa shape index (κ3) is 7.88. The first-order valence-corrected chi connectivity index (χ1v) is 4.15. The second-order valence-corrected chi connectivity index (χ2v) is 3.26. The van der Waals surface area contributed by atoms with Crippen LogP contribution in [0.3, 0.4) is 0 Å². The molecular formula is C8H17F2NO. The highest BCUT2D eigenvalue weighted by Gasteiger charge is 2.31. The minimum atomic E-state index is -2.54. The molecule has 1 aliphatic rings. The summed E-state index contributed by atoms with van der Waals surface area (Å²) in [5, 5.41) is 0. The molecule has 0 spiro atoms. The molecule has 4 heteroatoms. The van der Waals surface area contributed by atoms with Crippen LogP contribution in [0.4, 0.5) is 8.78 Å². The lowest BCUT2D eigenvalue weighted by atomic mass is 10.2. The molecule has 0 aromatic rings. The summed E-state index contributed by atoms with van der Waals surface area (Å²) in [6.07, 6.45) is 0.486. The Morgan fingerprint density at radius 2 is 1.92 bits per heavy atom. The minimum absolute atomic E-state index is 0.00694. The molecule has 0 bridgehead atoms. The van der Waals surface area contributed by atoms with Crippen molar-refractivity contribution in [1.82, 2.24) is 0 Å². The van der Waals surface area contributed by atoms with Crippen molar-refractivity contribution < 1.29 is 13.5 Å². The highest BCUT2D eigenvalue weighted by atomic mass is 19.3. The zero-order chi connectivity index (χ0) is 9.61. The Labute approximate surface area is 72.1 Å². The molecule has 0 amide bonds. The predicted octanol–water partition coefficient (Wildman–Crippen LogP) is 1.79. The first kappa shape index (κ1) is 11.8. The summed E-state index contributed by atoms with van der Waals surface area (Å²) >= 11 is 0. The van der Waals surface area contributed by atoms with Gasteiger partial charge in [-0.05, 0) is 12.5 Å². The van der Waals surface area contributed by atoms with E-state index in [9.17, 15) is 8.78 Å². The molecule has 1 aliphatic heterocycles.